The van der Waals surface area contributed by atoms with Crippen molar-refractivity contribution in [1.29, 1.82) is 0 Å². The summed E-state index contributed by atoms with van der Waals surface area (Å²) in [6, 6.07) is 3.99. The predicted molar refractivity (Wildman–Crippen MR) is 69.8 cm³/mol. The van der Waals surface area contributed by atoms with E-state index >= 15 is 0 Å². The molecule has 2 N–H and O–H groups in total. The van der Waals surface area contributed by atoms with Gasteiger partial charge >= 0.3 is 0 Å². The number of nitrogens with zero attached hydrogens (tertiary/aromatic N) is 1. The van der Waals surface area contributed by atoms with Gasteiger partial charge in [-0.1, -0.05) is 13.8 Å². The molecule has 1 amide bonds. The number of likely N-dealkylation sites (N-methyl/N-ethyl adjacent to an activating group) is 1. The van der Waals surface area contributed by atoms with Gasteiger partial charge in [-0.05, 0) is 36.8 Å². The molecule has 0 radical (unpaired) electrons. The number of nitrogens with two attached hydrogens (primary N) is 1. The quantitative estimate of drug-likeness (QED) is 0.859. The maximum Gasteiger partial charge on any atom is 0.243 e. The van der Waals surface area contributed by atoms with Crippen molar-refractivity contribution in [3.8, 4) is 0 Å². The van der Waals surface area contributed by atoms with Crippen molar-refractivity contribution < 1.29 is 4.79 Å². The molecule has 0 saturated carbocycles. The van der Waals surface area contributed by atoms with E-state index in [1.807, 2.05) is 36.4 Å². The number of anilines is 1. The van der Waals surface area contributed by atoms with E-state index in [0.29, 0.717) is 5.92 Å². The van der Waals surface area contributed by atoms with E-state index in [9.17, 15) is 4.79 Å². The highest BCUT2D eigenvalue weighted by molar-refractivity contribution is 7.14. The van der Waals surface area contributed by atoms with Crippen molar-refractivity contribution in [2.75, 3.05) is 11.9 Å². The SMILES string of the molecule is CC(C)C[C@@](C)(C(N)=O)N(C)c1cccs1. The summed E-state index contributed by atoms with van der Waals surface area (Å²) in [6.07, 6.45) is 0.761. The monoisotopic (exact) mass is 240 g/mol. The highest BCUT2D eigenvalue weighted by Crippen LogP contribution is 2.31. The summed E-state index contributed by atoms with van der Waals surface area (Å²) in [5.41, 5.74) is 4.94. The van der Waals surface area contributed by atoms with E-state index in [1.165, 1.54) is 0 Å². The molecule has 3 nitrogen and oxygen atoms in total. The van der Waals surface area contributed by atoms with Crippen LogP contribution in [0.5, 0.6) is 0 Å². The Labute approximate surface area is 101 Å². The molecule has 16 heavy (non-hydrogen) atoms. The van der Waals surface area contributed by atoms with Gasteiger partial charge in [0.25, 0.3) is 0 Å². The number of amides is 1. The van der Waals surface area contributed by atoms with E-state index in [4.69, 9.17) is 5.73 Å². The smallest absolute Gasteiger partial charge is 0.243 e. The number of thiophene rings is 1. The van der Waals surface area contributed by atoms with Crippen molar-refractivity contribution in [1.82, 2.24) is 0 Å². The highest BCUT2D eigenvalue weighted by atomic mass is 32.1. The largest absolute Gasteiger partial charge is 0.368 e. The molecule has 0 unspecified atom stereocenters. The topological polar surface area (TPSA) is 46.3 Å². The van der Waals surface area contributed by atoms with Gasteiger partial charge in [0.2, 0.25) is 5.91 Å². The van der Waals surface area contributed by atoms with E-state index < -0.39 is 5.54 Å². The van der Waals surface area contributed by atoms with Crippen LogP contribution < -0.4 is 10.6 Å². The zero-order valence-corrected chi connectivity index (χ0v) is 11.2. The standard InChI is InChI=1S/C12H20N2OS/c1-9(2)8-12(3,11(13)15)14(4)10-6-5-7-16-10/h5-7,9H,8H2,1-4H3,(H2,13,15)/t12-/m0/s1. The molecule has 1 aromatic rings. The molecule has 0 bridgehead atoms. The van der Waals surface area contributed by atoms with Gasteiger partial charge in [-0.2, -0.15) is 0 Å². The Balaban J connectivity index is 2.97. The summed E-state index contributed by atoms with van der Waals surface area (Å²) < 4.78 is 0. The zero-order chi connectivity index (χ0) is 12.3. The van der Waals surface area contributed by atoms with Crippen LogP contribution in [0.1, 0.15) is 27.2 Å². The van der Waals surface area contributed by atoms with Crippen LogP contribution in [0.4, 0.5) is 5.00 Å². The molecule has 0 aliphatic carbocycles. The van der Waals surface area contributed by atoms with Gasteiger partial charge < -0.3 is 10.6 Å². The van der Waals surface area contributed by atoms with Gasteiger partial charge in [-0.25, -0.2) is 0 Å². The number of carbonyl (C=O) groups excluding carboxylic acids is 1. The lowest BCUT2D eigenvalue weighted by Gasteiger charge is -2.38. The molecule has 1 rings (SSSR count). The van der Waals surface area contributed by atoms with Crippen LogP contribution in [-0.2, 0) is 4.79 Å². The lowest BCUT2D eigenvalue weighted by Crippen LogP contribution is -2.54. The fourth-order valence-electron chi connectivity index (χ4n) is 1.90. The normalized spacial score (nSPS) is 14.8. The second-order valence-corrected chi connectivity index (χ2v) is 5.67. The molecule has 1 atom stereocenters. The maximum atomic E-state index is 11.7. The fourth-order valence-corrected chi connectivity index (χ4v) is 2.71. The third-order valence-corrected chi connectivity index (χ3v) is 3.86. The van der Waals surface area contributed by atoms with Crippen molar-refractivity contribution in [3.63, 3.8) is 0 Å². The summed E-state index contributed by atoms with van der Waals surface area (Å²) in [7, 11) is 1.93. The summed E-state index contributed by atoms with van der Waals surface area (Å²) in [4.78, 5) is 13.7. The molecule has 0 saturated heterocycles. The average Bonchev–Trinajstić information content (AvgIpc) is 2.67. The first kappa shape index (κ1) is 13.0. The Morgan fingerprint density at radius 3 is 2.62 bits per heavy atom. The number of hydrogen-bond acceptors (Lipinski definition) is 3. The van der Waals surface area contributed by atoms with Crippen molar-refractivity contribution >= 4 is 22.2 Å². The van der Waals surface area contributed by atoms with Gasteiger partial charge in [0.15, 0.2) is 0 Å². The minimum absolute atomic E-state index is 0.267. The Morgan fingerprint density at radius 1 is 1.62 bits per heavy atom. The van der Waals surface area contributed by atoms with Gasteiger partial charge in [0.05, 0.1) is 5.00 Å². The summed E-state index contributed by atoms with van der Waals surface area (Å²) in [5.74, 6) is 0.164. The van der Waals surface area contributed by atoms with Crippen LogP contribution in [0.25, 0.3) is 0 Å². The molecule has 4 heteroatoms. The Morgan fingerprint density at radius 2 is 2.25 bits per heavy atom. The predicted octanol–water partition coefficient (Wildman–Crippen LogP) is 2.47. The van der Waals surface area contributed by atoms with Crippen molar-refractivity contribution in [2.45, 2.75) is 32.7 Å². The minimum Gasteiger partial charge on any atom is -0.368 e. The molecule has 0 aromatic carbocycles. The van der Waals surface area contributed by atoms with Crippen LogP contribution in [0, 0.1) is 5.92 Å². The molecular weight excluding hydrogens is 220 g/mol. The number of primary amides is 1. The lowest BCUT2D eigenvalue weighted by atomic mass is 9.88. The van der Waals surface area contributed by atoms with Crippen molar-refractivity contribution in [2.24, 2.45) is 11.7 Å². The average molecular weight is 240 g/mol. The Hall–Kier alpha value is -1.03. The lowest BCUT2D eigenvalue weighted by molar-refractivity contribution is -0.123. The molecule has 0 aliphatic heterocycles. The molecule has 1 heterocycles. The number of rotatable bonds is 5. The molecular formula is C12H20N2OS. The van der Waals surface area contributed by atoms with Crippen LogP contribution in [0.3, 0.4) is 0 Å². The van der Waals surface area contributed by atoms with Gasteiger partial charge in [0.1, 0.15) is 5.54 Å². The number of hydrogen-bond donors (Lipinski definition) is 1. The van der Waals surface area contributed by atoms with E-state index in [-0.39, 0.29) is 5.91 Å². The van der Waals surface area contributed by atoms with Crippen LogP contribution in [0.15, 0.2) is 17.5 Å². The third kappa shape index (κ3) is 2.55. The first-order valence-electron chi connectivity index (χ1n) is 5.45. The second-order valence-electron chi connectivity index (χ2n) is 4.75. The first-order valence-corrected chi connectivity index (χ1v) is 6.33. The second kappa shape index (κ2) is 4.87. The molecule has 90 valence electrons. The minimum atomic E-state index is -0.612. The van der Waals surface area contributed by atoms with E-state index in [1.54, 1.807) is 11.3 Å². The molecule has 0 spiro atoms. The zero-order valence-electron chi connectivity index (χ0n) is 10.4. The summed E-state index contributed by atoms with van der Waals surface area (Å²) >= 11 is 1.62. The van der Waals surface area contributed by atoms with Crippen molar-refractivity contribution in [3.05, 3.63) is 17.5 Å². The van der Waals surface area contributed by atoms with Gasteiger partial charge in [-0.3, -0.25) is 4.79 Å². The highest BCUT2D eigenvalue weighted by Gasteiger charge is 2.36. The third-order valence-electron chi connectivity index (χ3n) is 2.91. The van der Waals surface area contributed by atoms with Crippen LogP contribution in [-0.4, -0.2) is 18.5 Å². The molecule has 0 aliphatic rings. The van der Waals surface area contributed by atoms with Gasteiger partial charge in [-0.15, -0.1) is 11.3 Å². The maximum absolute atomic E-state index is 11.7. The summed E-state index contributed by atoms with van der Waals surface area (Å²) in [6.45, 7) is 6.11. The first-order chi connectivity index (χ1) is 7.38. The fraction of sp³-hybridized carbons (Fsp3) is 0.583. The van der Waals surface area contributed by atoms with E-state index in [2.05, 4.69) is 13.8 Å². The molecule has 0 fully saturated rings. The molecule has 1 aromatic heterocycles. The van der Waals surface area contributed by atoms with Crippen LogP contribution >= 0.6 is 11.3 Å². The van der Waals surface area contributed by atoms with Crippen LogP contribution in [0.2, 0.25) is 0 Å². The Bertz CT molecular complexity index is 348. The number of carbonyl (C=O) groups is 1. The summed E-state index contributed by atoms with van der Waals surface area (Å²) in [5, 5.41) is 3.07. The van der Waals surface area contributed by atoms with E-state index in [0.717, 1.165) is 11.4 Å². The Kier molecular flexibility index (Phi) is 3.97. The van der Waals surface area contributed by atoms with Gasteiger partial charge in [0, 0.05) is 7.05 Å².